The molecule has 1 unspecified atom stereocenters. The molecule has 0 saturated heterocycles. The van der Waals surface area contributed by atoms with Crippen LogP contribution in [0.5, 0.6) is 0 Å². The van der Waals surface area contributed by atoms with Crippen molar-refractivity contribution in [2.45, 2.75) is 17.7 Å². The molecule has 0 heterocycles. The standard InChI is InChI=1S/C10H14OS/c1-8(7-11)9-4-3-5-10(6-9)12-2/h3-6,8,11H,7H2,1-2H3. The first-order valence-electron chi connectivity index (χ1n) is 4.02. The molecule has 1 N–H and O–H groups in total. The second kappa shape index (κ2) is 4.53. The molecular formula is C10H14OS. The second-order valence-corrected chi connectivity index (χ2v) is 3.74. The summed E-state index contributed by atoms with van der Waals surface area (Å²) in [7, 11) is 0. The Bertz CT molecular complexity index is 247. The molecule has 0 saturated carbocycles. The van der Waals surface area contributed by atoms with Gasteiger partial charge >= 0.3 is 0 Å². The predicted octanol–water partition coefficient (Wildman–Crippen LogP) is 2.50. The van der Waals surface area contributed by atoms with Crippen molar-refractivity contribution in [3.63, 3.8) is 0 Å². The number of rotatable bonds is 3. The van der Waals surface area contributed by atoms with Crippen LogP contribution in [0.2, 0.25) is 0 Å². The van der Waals surface area contributed by atoms with Gasteiger partial charge in [-0.2, -0.15) is 0 Å². The predicted molar refractivity (Wildman–Crippen MR) is 53.7 cm³/mol. The molecule has 12 heavy (non-hydrogen) atoms. The molecule has 1 nitrogen and oxygen atoms in total. The molecule has 0 spiro atoms. The van der Waals surface area contributed by atoms with Crippen molar-refractivity contribution in [3.05, 3.63) is 29.8 Å². The average molecular weight is 182 g/mol. The van der Waals surface area contributed by atoms with Gasteiger partial charge in [0.25, 0.3) is 0 Å². The molecule has 1 rings (SSSR count). The van der Waals surface area contributed by atoms with Crippen LogP contribution in [0.4, 0.5) is 0 Å². The molecule has 0 aliphatic carbocycles. The van der Waals surface area contributed by atoms with Crippen molar-refractivity contribution in [2.24, 2.45) is 0 Å². The van der Waals surface area contributed by atoms with Crippen LogP contribution in [0.3, 0.4) is 0 Å². The number of thioether (sulfide) groups is 1. The molecule has 2 heteroatoms. The van der Waals surface area contributed by atoms with E-state index in [0.29, 0.717) is 0 Å². The third-order valence-corrected chi connectivity index (χ3v) is 2.66. The quantitative estimate of drug-likeness (QED) is 0.725. The number of aliphatic hydroxyl groups excluding tert-OH is 1. The fourth-order valence-corrected chi connectivity index (χ4v) is 1.52. The van der Waals surface area contributed by atoms with Crippen LogP contribution < -0.4 is 0 Å². The van der Waals surface area contributed by atoms with Gasteiger partial charge < -0.3 is 5.11 Å². The Labute approximate surface area is 77.8 Å². The van der Waals surface area contributed by atoms with Crippen molar-refractivity contribution < 1.29 is 5.11 Å². The summed E-state index contributed by atoms with van der Waals surface area (Å²) in [6.45, 7) is 2.25. The van der Waals surface area contributed by atoms with Gasteiger partial charge in [0.05, 0.1) is 0 Å². The van der Waals surface area contributed by atoms with E-state index in [1.165, 1.54) is 10.5 Å². The van der Waals surface area contributed by atoms with E-state index in [0.717, 1.165) is 0 Å². The van der Waals surface area contributed by atoms with Crippen LogP contribution in [0.15, 0.2) is 29.2 Å². The van der Waals surface area contributed by atoms with Crippen LogP contribution in [0, 0.1) is 0 Å². The Morgan fingerprint density at radius 3 is 2.83 bits per heavy atom. The Hall–Kier alpha value is -0.470. The number of benzene rings is 1. The Kier molecular flexibility index (Phi) is 3.63. The third-order valence-electron chi connectivity index (χ3n) is 1.94. The van der Waals surface area contributed by atoms with E-state index in [-0.39, 0.29) is 12.5 Å². The number of aliphatic hydroxyl groups is 1. The van der Waals surface area contributed by atoms with E-state index in [9.17, 15) is 0 Å². The van der Waals surface area contributed by atoms with E-state index in [2.05, 4.69) is 24.5 Å². The van der Waals surface area contributed by atoms with Gasteiger partial charge in [-0.3, -0.25) is 0 Å². The molecule has 0 aliphatic rings. The van der Waals surface area contributed by atoms with Crippen LogP contribution in [-0.4, -0.2) is 18.0 Å². The van der Waals surface area contributed by atoms with Gasteiger partial charge in [-0.25, -0.2) is 0 Å². The molecular weight excluding hydrogens is 168 g/mol. The van der Waals surface area contributed by atoms with Crippen LogP contribution in [0.25, 0.3) is 0 Å². The second-order valence-electron chi connectivity index (χ2n) is 2.86. The number of hydrogen-bond donors (Lipinski definition) is 1. The first-order chi connectivity index (χ1) is 5.77. The maximum absolute atomic E-state index is 8.94. The molecule has 0 aliphatic heterocycles. The molecule has 0 bridgehead atoms. The summed E-state index contributed by atoms with van der Waals surface area (Å²) in [6, 6.07) is 8.30. The summed E-state index contributed by atoms with van der Waals surface area (Å²) >= 11 is 1.73. The van der Waals surface area contributed by atoms with Gasteiger partial charge in [0.15, 0.2) is 0 Å². The molecule has 0 fully saturated rings. The normalized spacial score (nSPS) is 12.9. The zero-order chi connectivity index (χ0) is 8.97. The fraction of sp³-hybridized carbons (Fsp3) is 0.400. The Morgan fingerprint density at radius 1 is 1.50 bits per heavy atom. The zero-order valence-electron chi connectivity index (χ0n) is 7.45. The van der Waals surface area contributed by atoms with Gasteiger partial charge in [-0.05, 0) is 24.0 Å². The topological polar surface area (TPSA) is 20.2 Å². The summed E-state index contributed by atoms with van der Waals surface area (Å²) in [4.78, 5) is 1.26. The maximum Gasteiger partial charge on any atom is 0.0497 e. The van der Waals surface area contributed by atoms with Crippen molar-refractivity contribution in [1.29, 1.82) is 0 Å². The highest BCUT2D eigenvalue weighted by molar-refractivity contribution is 7.98. The molecule has 1 aromatic rings. The summed E-state index contributed by atoms with van der Waals surface area (Å²) < 4.78 is 0. The lowest BCUT2D eigenvalue weighted by Gasteiger charge is -2.08. The summed E-state index contributed by atoms with van der Waals surface area (Å²) in [5.41, 5.74) is 1.21. The van der Waals surface area contributed by atoms with E-state index >= 15 is 0 Å². The lowest BCUT2D eigenvalue weighted by molar-refractivity contribution is 0.273. The number of hydrogen-bond acceptors (Lipinski definition) is 2. The molecule has 0 radical (unpaired) electrons. The van der Waals surface area contributed by atoms with Crippen molar-refractivity contribution in [1.82, 2.24) is 0 Å². The largest absolute Gasteiger partial charge is 0.396 e. The highest BCUT2D eigenvalue weighted by Crippen LogP contribution is 2.20. The fourth-order valence-electron chi connectivity index (χ4n) is 1.05. The minimum Gasteiger partial charge on any atom is -0.396 e. The SMILES string of the molecule is CSc1cccc(C(C)CO)c1. The smallest absolute Gasteiger partial charge is 0.0497 e. The summed E-state index contributed by atoms with van der Waals surface area (Å²) in [6.07, 6.45) is 2.06. The highest BCUT2D eigenvalue weighted by Gasteiger charge is 2.03. The summed E-state index contributed by atoms with van der Waals surface area (Å²) in [5, 5.41) is 8.94. The van der Waals surface area contributed by atoms with Gasteiger partial charge in [0, 0.05) is 17.4 Å². The van der Waals surface area contributed by atoms with Gasteiger partial charge in [-0.15, -0.1) is 11.8 Å². The Balaban J connectivity index is 2.86. The van der Waals surface area contributed by atoms with Crippen LogP contribution in [0.1, 0.15) is 18.4 Å². The van der Waals surface area contributed by atoms with E-state index in [4.69, 9.17) is 5.11 Å². The monoisotopic (exact) mass is 182 g/mol. The maximum atomic E-state index is 8.94. The average Bonchev–Trinajstić information content (AvgIpc) is 2.17. The minimum absolute atomic E-state index is 0.220. The molecule has 0 aromatic heterocycles. The van der Waals surface area contributed by atoms with Gasteiger partial charge in [-0.1, -0.05) is 19.1 Å². The van der Waals surface area contributed by atoms with E-state index < -0.39 is 0 Å². The molecule has 0 amide bonds. The van der Waals surface area contributed by atoms with E-state index in [1.807, 2.05) is 13.0 Å². The molecule has 66 valence electrons. The molecule has 1 atom stereocenters. The molecule has 1 aromatic carbocycles. The van der Waals surface area contributed by atoms with E-state index in [1.54, 1.807) is 11.8 Å². The van der Waals surface area contributed by atoms with Gasteiger partial charge in [0.2, 0.25) is 0 Å². The zero-order valence-corrected chi connectivity index (χ0v) is 8.27. The van der Waals surface area contributed by atoms with Crippen molar-refractivity contribution in [3.8, 4) is 0 Å². The van der Waals surface area contributed by atoms with Crippen molar-refractivity contribution in [2.75, 3.05) is 12.9 Å². The first kappa shape index (κ1) is 9.62. The lowest BCUT2D eigenvalue weighted by Crippen LogP contribution is -1.98. The minimum atomic E-state index is 0.220. The summed E-state index contributed by atoms with van der Waals surface area (Å²) in [5.74, 6) is 0.247. The first-order valence-corrected chi connectivity index (χ1v) is 5.25. The Morgan fingerprint density at radius 2 is 2.25 bits per heavy atom. The third kappa shape index (κ3) is 2.26. The highest BCUT2D eigenvalue weighted by atomic mass is 32.2. The van der Waals surface area contributed by atoms with Crippen LogP contribution in [-0.2, 0) is 0 Å². The van der Waals surface area contributed by atoms with Gasteiger partial charge in [0.1, 0.15) is 0 Å². The van der Waals surface area contributed by atoms with Crippen LogP contribution >= 0.6 is 11.8 Å². The van der Waals surface area contributed by atoms with Crippen molar-refractivity contribution >= 4 is 11.8 Å². The lowest BCUT2D eigenvalue weighted by atomic mass is 10.0.